The Kier molecular flexibility index (Phi) is 6.77. The Bertz CT molecular complexity index is 1430. The first-order valence-electron chi connectivity index (χ1n) is 11.5. The normalized spacial score (nSPS) is 11.6. The number of esters is 1. The van der Waals surface area contributed by atoms with Gasteiger partial charge in [0.1, 0.15) is 5.60 Å². The number of ether oxygens (including phenoxy) is 2. The van der Waals surface area contributed by atoms with Crippen molar-refractivity contribution in [1.29, 1.82) is 0 Å². The van der Waals surface area contributed by atoms with E-state index in [4.69, 9.17) is 21.1 Å². The molecule has 0 bridgehead atoms. The fourth-order valence-electron chi connectivity index (χ4n) is 4.28. The van der Waals surface area contributed by atoms with Gasteiger partial charge in [-0.2, -0.15) is 0 Å². The lowest BCUT2D eigenvalue weighted by atomic mass is 9.97. The minimum absolute atomic E-state index is 0.0927. The van der Waals surface area contributed by atoms with Crippen LogP contribution in [0, 0.1) is 0 Å². The van der Waals surface area contributed by atoms with Gasteiger partial charge < -0.3 is 19.4 Å². The number of alkyl carbamates (subject to hydrolysis) is 1. The number of rotatable bonds is 5. The molecule has 182 valence electrons. The minimum atomic E-state index is -0.631. The second-order valence-electron chi connectivity index (χ2n) is 9.33. The molecule has 3 aromatic carbocycles. The van der Waals surface area contributed by atoms with Crippen LogP contribution in [0.2, 0.25) is 5.02 Å². The third kappa shape index (κ3) is 4.98. The van der Waals surface area contributed by atoms with Crippen molar-refractivity contribution in [3.63, 3.8) is 0 Å². The summed E-state index contributed by atoms with van der Waals surface area (Å²) in [5, 5.41) is 6.15. The van der Waals surface area contributed by atoms with Crippen LogP contribution < -0.4 is 5.32 Å². The molecule has 0 atom stereocenters. The van der Waals surface area contributed by atoms with Gasteiger partial charge in [0.05, 0.1) is 24.4 Å². The Morgan fingerprint density at radius 3 is 2.43 bits per heavy atom. The highest BCUT2D eigenvalue weighted by Crippen LogP contribution is 2.38. The molecule has 35 heavy (non-hydrogen) atoms. The van der Waals surface area contributed by atoms with Crippen molar-refractivity contribution in [3.8, 4) is 11.1 Å². The number of halogens is 1. The van der Waals surface area contributed by atoms with E-state index in [2.05, 4.69) is 23.5 Å². The molecule has 1 heterocycles. The molecule has 1 aromatic heterocycles. The summed E-state index contributed by atoms with van der Waals surface area (Å²) < 4.78 is 12.6. The molecule has 0 spiro atoms. The van der Waals surface area contributed by atoms with Gasteiger partial charge in [-0.25, -0.2) is 9.59 Å². The molecule has 0 aliphatic rings. The quantitative estimate of drug-likeness (QED) is 0.309. The number of nitrogens with zero attached hydrogens (tertiary/aromatic N) is 1. The molecule has 6 nitrogen and oxygen atoms in total. The number of hydrogen-bond donors (Lipinski definition) is 1. The van der Waals surface area contributed by atoms with E-state index in [1.807, 2.05) is 41.9 Å². The number of carbonyl (C=O) groups excluding carboxylic acids is 2. The van der Waals surface area contributed by atoms with Crippen LogP contribution in [0.5, 0.6) is 0 Å². The number of aryl methyl sites for hydroxylation is 1. The zero-order valence-electron chi connectivity index (χ0n) is 20.6. The SMILES string of the molecule is CCOC(=O)c1c(CNC(=O)OC(C)(C)C)n(C)c2cc(-c3cccc4ccccc34)c(Cl)cc12. The molecule has 1 N–H and O–H groups in total. The molecular formula is C28H29ClN2O4. The largest absolute Gasteiger partial charge is 0.462 e. The van der Waals surface area contributed by atoms with E-state index in [1.54, 1.807) is 33.8 Å². The van der Waals surface area contributed by atoms with Gasteiger partial charge in [-0.3, -0.25) is 0 Å². The number of fused-ring (bicyclic) bond motifs is 2. The van der Waals surface area contributed by atoms with E-state index in [9.17, 15) is 9.59 Å². The smallest absolute Gasteiger partial charge is 0.407 e. The Balaban J connectivity index is 1.85. The van der Waals surface area contributed by atoms with Crippen LogP contribution in [-0.2, 0) is 23.1 Å². The average Bonchev–Trinajstić information content (AvgIpc) is 3.06. The summed E-state index contributed by atoms with van der Waals surface area (Å²) in [5.41, 5.74) is 3.03. The van der Waals surface area contributed by atoms with Crippen molar-refractivity contribution in [2.45, 2.75) is 39.8 Å². The van der Waals surface area contributed by atoms with Crippen LogP contribution in [0.4, 0.5) is 4.79 Å². The third-order valence-corrected chi connectivity index (χ3v) is 6.08. The van der Waals surface area contributed by atoms with Crippen molar-refractivity contribution in [2.24, 2.45) is 7.05 Å². The Morgan fingerprint density at radius 2 is 1.71 bits per heavy atom. The predicted octanol–water partition coefficient (Wildman–Crippen LogP) is 6.85. The first-order valence-corrected chi connectivity index (χ1v) is 11.9. The summed E-state index contributed by atoms with van der Waals surface area (Å²) in [6.07, 6.45) is -0.563. The molecule has 0 aliphatic carbocycles. The summed E-state index contributed by atoms with van der Waals surface area (Å²) in [5.74, 6) is -0.465. The zero-order chi connectivity index (χ0) is 25.3. The van der Waals surface area contributed by atoms with Crippen LogP contribution in [0.1, 0.15) is 43.7 Å². The first kappa shape index (κ1) is 24.6. The maximum absolute atomic E-state index is 13.0. The molecule has 0 aliphatic heterocycles. The highest BCUT2D eigenvalue weighted by atomic mass is 35.5. The zero-order valence-corrected chi connectivity index (χ0v) is 21.3. The average molecular weight is 493 g/mol. The van der Waals surface area contributed by atoms with Gasteiger partial charge in [0.25, 0.3) is 0 Å². The fraction of sp³-hybridized carbons (Fsp3) is 0.286. The third-order valence-electron chi connectivity index (χ3n) is 5.77. The summed E-state index contributed by atoms with van der Waals surface area (Å²) in [6.45, 7) is 7.47. The van der Waals surface area contributed by atoms with E-state index >= 15 is 0 Å². The molecule has 0 unspecified atom stereocenters. The van der Waals surface area contributed by atoms with Crippen molar-refractivity contribution in [3.05, 3.63) is 70.9 Å². The van der Waals surface area contributed by atoms with Crippen LogP contribution in [0.15, 0.2) is 54.6 Å². The highest BCUT2D eigenvalue weighted by Gasteiger charge is 2.25. The fourth-order valence-corrected chi connectivity index (χ4v) is 4.55. The van der Waals surface area contributed by atoms with Crippen molar-refractivity contribution >= 4 is 45.3 Å². The molecular weight excluding hydrogens is 464 g/mol. The predicted molar refractivity (Wildman–Crippen MR) is 140 cm³/mol. The molecule has 7 heteroatoms. The van der Waals surface area contributed by atoms with Gasteiger partial charge in [-0.15, -0.1) is 0 Å². The summed E-state index contributed by atoms with van der Waals surface area (Å²) in [7, 11) is 1.86. The lowest BCUT2D eigenvalue weighted by Crippen LogP contribution is -2.33. The van der Waals surface area contributed by atoms with E-state index in [1.165, 1.54) is 0 Å². The number of aromatic nitrogens is 1. The highest BCUT2D eigenvalue weighted by molar-refractivity contribution is 6.35. The first-order chi connectivity index (χ1) is 16.6. The van der Waals surface area contributed by atoms with E-state index < -0.39 is 17.7 Å². The molecule has 4 rings (SSSR count). The number of benzene rings is 3. The maximum atomic E-state index is 13.0. The monoisotopic (exact) mass is 492 g/mol. The van der Waals surface area contributed by atoms with Gasteiger partial charge in [-0.1, -0.05) is 54.1 Å². The lowest BCUT2D eigenvalue weighted by Gasteiger charge is -2.20. The van der Waals surface area contributed by atoms with E-state index in [0.717, 1.165) is 27.4 Å². The van der Waals surface area contributed by atoms with E-state index in [-0.39, 0.29) is 13.2 Å². The summed E-state index contributed by atoms with van der Waals surface area (Å²) in [6, 6.07) is 18.0. The number of hydrogen-bond acceptors (Lipinski definition) is 4. The molecule has 0 fully saturated rings. The molecule has 0 radical (unpaired) electrons. The van der Waals surface area contributed by atoms with E-state index in [0.29, 0.717) is 21.7 Å². The minimum Gasteiger partial charge on any atom is -0.462 e. The van der Waals surface area contributed by atoms with Crippen molar-refractivity contribution in [2.75, 3.05) is 6.61 Å². The molecule has 0 saturated heterocycles. The van der Waals surface area contributed by atoms with Crippen molar-refractivity contribution < 1.29 is 19.1 Å². The standard InChI is InChI=1S/C28H29ClN2O4/c1-6-34-26(32)25-21-14-22(29)20(19-13-9-11-17-10-7-8-12-18(17)19)15-23(21)31(5)24(25)16-30-27(33)35-28(2,3)4/h7-15H,6,16H2,1-5H3,(H,30,33). The van der Waals surface area contributed by atoms with Gasteiger partial charge in [0, 0.05) is 28.5 Å². The van der Waals surface area contributed by atoms with Crippen LogP contribution in [0.25, 0.3) is 32.8 Å². The molecule has 1 amide bonds. The topological polar surface area (TPSA) is 69.6 Å². The van der Waals surface area contributed by atoms with Gasteiger partial charge in [0.15, 0.2) is 0 Å². The lowest BCUT2D eigenvalue weighted by molar-refractivity contribution is 0.0502. The molecule has 4 aromatic rings. The molecule has 0 saturated carbocycles. The Labute approximate surface area is 209 Å². The Morgan fingerprint density at radius 1 is 1.00 bits per heavy atom. The second kappa shape index (κ2) is 9.62. The van der Waals surface area contributed by atoms with Gasteiger partial charge in [0.2, 0.25) is 0 Å². The second-order valence-corrected chi connectivity index (χ2v) is 9.74. The summed E-state index contributed by atoms with van der Waals surface area (Å²) >= 11 is 6.80. The van der Waals surface area contributed by atoms with Crippen LogP contribution in [0.3, 0.4) is 0 Å². The Hall–Kier alpha value is -3.51. The summed E-state index contributed by atoms with van der Waals surface area (Å²) in [4.78, 5) is 25.3. The van der Waals surface area contributed by atoms with Gasteiger partial charge in [-0.05, 0) is 56.2 Å². The number of nitrogens with one attached hydrogen (secondary N) is 1. The van der Waals surface area contributed by atoms with Crippen LogP contribution in [-0.4, -0.2) is 28.8 Å². The maximum Gasteiger partial charge on any atom is 0.407 e. The van der Waals surface area contributed by atoms with Crippen molar-refractivity contribution in [1.82, 2.24) is 9.88 Å². The number of carbonyl (C=O) groups is 2. The number of amides is 1. The van der Waals surface area contributed by atoms with Crippen LogP contribution >= 0.6 is 11.6 Å². The van der Waals surface area contributed by atoms with Gasteiger partial charge >= 0.3 is 12.1 Å².